The largest absolute Gasteiger partial charge is 0.756 e. The highest BCUT2D eigenvalue weighted by molar-refractivity contribution is 7.45. The van der Waals surface area contributed by atoms with Crippen LogP contribution in [0.1, 0.15) is 0 Å². The molecule has 0 radical (unpaired) electrons. The molecule has 9 heteroatoms. The van der Waals surface area contributed by atoms with Crippen molar-refractivity contribution in [2.45, 2.75) is 0 Å². The molecule has 0 aromatic rings. The first-order chi connectivity index (χ1) is 8.12. The fraction of sp³-hybridized carbons (Fsp3) is 1.00. The number of ether oxygens (including phenoxy) is 4. The molecule has 0 aliphatic heterocycles. The molecule has 0 rings (SSSR count). The van der Waals surface area contributed by atoms with Crippen LogP contribution in [0.15, 0.2) is 0 Å². The van der Waals surface area contributed by atoms with E-state index in [0.717, 1.165) is 0 Å². The molecule has 0 heterocycles. The van der Waals surface area contributed by atoms with Crippen LogP contribution in [0.5, 0.6) is 0 Å². The second-order valence-corrected chi connectivity index (χ2v) is 4.15. The van der Waals surface area contributed by atoms with Crippen LogP contribution in [-0.2, 0) is 32.6 Å². The summed E-state index contributed by atoms with van der Waals surface area (Å²) in [6.07, 6.45) is 0. The van der Waals surface area contributed by atoms with Crippen LogP contribution in [-0.4, -0.2) is 54.2 Å². The van der Waals surface area contributed by atoms with Crippen LogP contribution in [0.25, 0.3) is 0 Å². The number of phosphoric acid groups is 1. The van der Waals surface area contributed by atoms with E-state index in [-0.39, 0.29) is 13.2 Å². The molecule has 0 aromatic heterocycles. The van der Waals surface area contributed by atoms with Gasteiger partial charge in [-0.3, -0.25) is 13.6 Å². The zero-order chi connectivity index (χ0) is 13.0. The molecule has 0 aromatic carbocycles. The van der Waals surface area contributed by atoms with Crippen LogP contribution >= 0.6 is 7.82 Å². The van der Waals surface area contributed by atoms with Gasteiger partial charge >= 0.3 is 0 Å². The minimum absolute atomic E-state index is 0.237. The molecule has 0 bridgehead atoms. The molecular formula is C8H18O8P-. The third kappa shape index (κ3) is 12.2. The van der Waals surface area contributed by atoms with Crippen molar-refractivity contribution in [2.24, 2.45) is 0 Å². The highest BCUT2D eigenvalue weighted by atomic mass is 31.2. The van der Waals surface area contributed by atoms with Gasteiger partial charge in [0.25, 0.3) is 7.82 Å². The van der Waals surface area contributed by atoms with Crippen LogP contribution in [0.4, 0.5) is 0 Å². The summed E-state index contributed by atoms with van der Waals surface area (Å²) in [5.41, 5.74) is 0. The second kappa shape index (κ2) is 11.1. The summed E-state index contributed by atoms with van der Waals surface area (Å²) in [6.45, 7) is 0.354. The summed E-state index contributed by atoms with van der Waals surface area (Å²) in [5, 5.41) is 0. The maximum Gasteiger partial charge on any atom is 0.272 e. The number of phosphoric ester groups is 1. The third-order valence-electron chi connectivity index (χ3n) is 1.45. The zero-order valence-electron chi connectivity index (χ0n) is 9.96. The van der Waals surface area contributed by atoms with E-state index in [2.05, 4.69) is 18.5 Å². The molecule has 0 aliphatic rings. The van der Waals surface area contributed by atoms with Crippen LogP contribution in [0.2, 0.25) is 0 Å². The summed E-state index contributed by atoms with van der Waals surface area (Å²) in [4.78, 5) is 11.1. The highest BCUT2D eigenvalue weighted by Gasteiger charge is 2.08. The molecule has 104 valence electrons. The summed E-state index contributed by atoms with van der Waals surface area (Å²) >= 11 is 0. The van der Waals surface area contributed by atoms with Gasteiger partial charge in [-0.2, -0.15) is 0 Å². The molecular weight excluding hydrogens is 255 g/mol. The van der Waals surface area contributed by atoms with E-state index in [4.69, 9.17) is 9.47 Å². The highest BCUT2D eigenvalue weighted by Crippen LogP contribution is 2.37. The molecule has 0 N–H and O–H groups in total. The standard InChI is InChI=1S/C8H19O8P/c1-11-3-5-13-7-15-17(9,10)16-8-14-6-4-12-2/h3-8H2,1-2H3,(H,9,10)/p-1. The van der Waals surface area contributed by atoms with Gasteiger partial charge in [0.05, 0.1) is 26.4 Å². The summed E-state index contributed by atoms with van der Waals surface area (Å²) < 4.78 is 38.8. The lowest BCUT2D eigenvalue weighted by atomic mass is 10.8. The van der Waals surface area contributed by atoms with E-state index in [0.29, 0.717) is 13.2 Å². The fourth-order valence-electron chi connectivity index (χ4n) is 0.643. The SMILES string of the molecule is COCCOCOP(=O)([O-])OCOCCOC. The molecule has 0 unspecified atom stereocenters. The van der Waals surface area contributed by atoms with Crippen molar-refractivity contribution >= 4 is 7.82 Å². The van der Waals surface area contributed by atoms with Gasteiger partial charge in [0, 0.05) is 14.2 Å². The van der Waals surface area contributed by atoms with Gasteiger partial charge in [0.2, 0.25) is 0 Å². The molecule has 17 heavy (non-hydrogen) atoms. The van der Waals surface area contributed by atoms with E-state index in [1.807, 2.05) is 0 Å². The van der Waals surface area contributed by atoms with Gasteiger partial charge < -0.3 is 23.8 Å². The van der Waals surface area contributed by atoms with Crippen molar-refractivity contribution in [3.63, 3.8) is 0 Å². The van der Waals surface area contributed by atoms with Crippen molar-refractivity contribution in [2.75, 3.05) is 54.2 Å². The molecule has 0 fully saturated rings. The van der Waals surface area contributed by atoms with Gasteiger partial charge in [-0.25, -0.2) is 0 Å². The number of methoxy groups -OCH3 is 2. The number of rotatable bonds is 12. The Morgan fingerprint density at radius 3 is 1.65 bits per heavy atom. The zero-order valence-corrected chi connectivity index (χ0v) is 10.9. The average molecular weight is 273 g/mol. The van der Waals surface area contributed by atoms with E-state index >= 15 is 0 Å². The first kappa shape index (κ1) is 16.9. The van der Waals surface area contributed by atoms with Gasteiger partial charge in [-0.05, 0) is 0 Å². The Hall–Kier alpha value is -0.0500. The average Bonchev–Trinajstić information content (AvgIpc) is 2.28. The lowest BCUT2D eigenvalue weighted by Gasteiger charge is -2.22. The molecule has 0 saturated heterocycles. The minimum Gasteiger partial charge on any atom is -0.756 e. The van der Waals surface area contributed by atoms with Crippen LogP contribution < -0.4 is 4.89 Å². The normalized spacial score (nSPS) is 11.9. The molecule has 0 aliphatic carbocycles. The quantitative estimate of drug-likeness (QED) is 0.272. The Morgan fingerprint density at radius 2 is 1.29 bits per heavy atom. The predicted octanol–water partition coefficient (Wildman–Crippen LogP) is -0.271. The van der Waals surface area contributed by atoms with Crippen LogP contribution in [0.3, 0.4) is 0 Å². The maximum atomic E-state index is 11.1. The summed E-state index contributed by atoms with van der Waals surface area (Å²) in [7, 11) is -1.37. The fourth-order valence-corrected chi connectivity index (χ4v) is 1.13. The van der Waals surface area contributed by atoms with E-state index in [1.54, 1.807) is 0 Å². The smallest absolute Gasteiger partial charge is 0.272 e. The molecule has 0 spiro atoms. The van der Waals surface area contributed by atoms with Gasteiger partial charge in [0.1, 0.15) is 0 Å². The number of hydrogen-bond acceptors (Lipinski definition) is 8. The molecule has 0 saturated carbocycles. The van der Waals surface area contributed by atoms with Gasteiger partial charge in [0.15, 0.2) is 13.6 Å². The Kier molecular flexibility index (Phi) is 11.0. The van der Waals surface area contributed by atoms with Gasteiger partial charge in [-0.15, -0.1) is 0 Å². The second-order valence-electron chi connectivity index (χ2n) is 2.74. The topological polar surface area (TPSA) is 95.5 Å². The van der Waals surface area contributed by atoms with E-state index < -0.39 is 21.4 Å². The summed E-state index contributed by atoms with van der Waals surface area (Å²) in [5.74, 6) is 0. The Labute approximate surface area is 100 Å². The van der Waals surface area contributed by atoms with Gasteiger partial charge in [-0.1, -0.05) is 0 Å². The van der Waals surface area contributed by atoms with Crippen LogP contribution in [0, 0.1) is 0 Å². The van der Waals surface area contributed by atoms with E-state index in [1.165, 1.54) is 14.2 Å². The first-order valence-electron chi connectivity index (χ1n) is 4.86. The maximum absolute atomic E-state index is 11.1. The van der Waals surface area contributed by atoms with E-state index in [9.17, 15) is 9.46 Å². The summed E-state index contributed by atoms with van der Waals surface area (Å²) in [6, 6.07) is 0. The van der Waals surface area contributed by atoms with Crippen molar-refractivity contribution in [3.8, 4) is 0 Å². The molecule has 0 atom stereocenters. The third-order valence-corrected chi connectivity index (χ3v) is 2.30. The Bertz CT molecular complexity index is 194. The molecule has 0 amide bonds. The molecule has 8 nitrogen and oxygen atoms in total. The Balaban J connectivity index is 3.42. The monoisotopic (exact) mass is 273 g/mol. The lowest BCUT2D eigenvalue weighted by molar-refractivity contribution is -0.240. The number of hydrogen-bond donors (Lipinski definition) is 0. The van der Waals surface area contributed by atoms with Crippen molar-refractivity contribution in [1.29, 1.82) is 0 Å². The van der Waals surface area contributed by atoms with Crippen molar-refractivity contribution in [3.05, 3.63) is 0 Å². The van der Waals surface area contributed by atoms with Crippen molar-refractivity contribution < 1.29 is 37.5 Å². The first-order valence-corrected chi connectivity index (χ1v) is 6.32. The minimum atomic E-state index is -4.37. The lowest BCUT2D eigenvalue weighted by Crippen LogP contribution is -2.14. The Morgan fingerprint density at radius 1 is 0.882 bits per heavy atom. The van der Waals surface area contributed by atoms with Crippen molar-refractivity contribution in [1.82, 2.24) is 0 Å². The predicted molar refractivity (Wildman–Crippen MR) is 55.2 cm³/mol.